The quantitative estimate of drug-likeness (QED) is 0.0300. The topological polar surface area (TPSA) is 89.9 Å². The second-order valence-electron chi connectivity index (χ2n) is 13.8. The van der Waals surface area contributed by atoms with Crippen LogP contribution in [-0.4, -0.2) is 35.7 Å². The van der Waals surface area contributed by atoms with Crippen molar-refractivity contribution >= 4 is 17.9 Å². The number of esters is 2. The molecule has 288 valence electrons. The van der Waals surface area contributed by atoms with Gasteiger partial charge in [-0.15, -0.1) is 0 Å². The van der Waals surface area contributed by atoms with Crippen LogP contribution >= 0.6 is 0 Å². The molecule has 0 aromatic rings. The van der Waals surface area contributed by atoms with Crippen molar-refractivity contribution in [1.82, 2.24) is 0 Å². The standard InChI is InChI=1S/C44H76O6/c1-3-5-7-9-11-13-15-17-19-21-23-25-27-29-31-33-37-41(50-44(48)40-49-43(47)39-35-34-38-42(45)46)36-32-30-28-26-24-22-20-18-16-14-12-10-8-6-4-2/h11-14,16-19,41H,3-10,15,20-40H2,1-2H3,(H,45,46)/b13-11-,14-12+,18-16-,19-17-. The highest BCUT2D eigenvalue weighted by molar-refractivity contribution is 5.76. The zero-order valence-corrected chi connectivity index (χ0v) is 32.4. The molecule has 0 bridgehead atoms. The first-order valence-corrected chi connectivity index (χ1v) is 20.7. The number of hydrogen-bond donors (Lipinski definition) is 1. The zero-order valence-electron chi connectivity index (χ0n) is 32.4. The van der Waals surface area contributed by atoms with E-state index in [2.05, 4.69) is 62.5 Å². The summed E-state index contributed by atoms with van der Waals surface area (Å²) in [5, 5.41) is 8.72. The van der Waals surface area contributed by atoms with E-state index in [-0.39, 0.29) is 25.6 Å². The summed E-state index contributed by atoms with van der Waals surface area (Å²) in [6, 6.07) is 0. The van der Waals surface area contributed by atoms with Crippen molar-refractivity contribution in [3.05, 3.63) is 48.6 Å². The maximum atomic E-state index is 12.5. The van der Waals surface area contributed by atoms with Gasteiger partial charge in [0.2, 0.25) is 0 Å². The highest BCUT2D eigenvalue weighted by atomic mass is 16.6. The summed E-state index contributed by atoms with van der Waals surface area (Å²) < 4.78 is 10.9. The van der Waals surface area contributed by atoms with Crippen LogP contribution < -0.4 is 0 Å². The lowest BCUT2D eigenvalue weighted by Crippen LogP contribution is -2.23. The number of carbonyl (C=O) groups excluding carboxylic acids is 2. The average Bonchev–Trinajstić information content (AvgIpc) is 3.10. The van der Waals surface area contributed by atoms with E-state index in [0.29, 0.717) is 12.8 Å². The fourth-order valence-corrected chi connectivity index (χ4v) is 5.80. The molecule has 0 aliphatic rings. The maximum absolute atomic E-state index is 12.5. The number of carboxylic acid groups (broad SMARTS) is 1. The molecule has 0 saturated heterocycles. The molecular formula is C44H76O6. The van der Waals surface area contributed by atoms with E-state index in [0.717, 1.165) is 57.8 Å². The number of aliphatic carboxylic acids is 1. The Balaban J connectivity index is 4.27. The Hall–Kier alpha value is -2.63. The van der Waals surface area contributed by atoms with Crippen LogP contribution in [0.25, 0.3) is 0 Å². The smallest absolute Gasteiger partial charge is 0.344 e. The van der Waals surface area contributed by atoms with E-state index in [9.17, 15) is 14.4 Å². The molecule has 6 nitrogen and oxygen atoms in total. The van der Waals surface area contributed by atoms with Crippen LogP contribution in [-0.2, 0) is 23.9 Å². The Kier molecular flexibility index (Phi) is 37.1. The van der Waals surface area contributed by atoms with E-state index < -0.39 is 17.9 Å². The van der Waals surface area contributed by atoms with Crippen molar-refractivity contribution in [3.63, 3.8) is 0 Å². The largest absolute Gasteiger partial charge is 0.481 e. The van der Waals surface area contributed by atoms with E-state index in [1.807, 2.05) is 0 Å². The van der Waals surface area contributed by atoms with Crippen LogP contribution in [0.15, 0.2) is 48.6 Å². The summed E-state index contributed by atoms with van der Waals surface area (Å²) in [4.78, 5) is 35.1. The first kappa shape index (κ1) is 47.4. The normalized spacial score (nSPS) is 12.5. The minimum atomic E-state index is -0.878. The maximum Gasteiger partial charge on any atom is 0.344 e. The molecule has 0 saturated carbocycles. The number of hydrogen-bond acceptors (Lipinski definition) is 5. The van der Waals surface area contributed by atoms with E-state index in [1.54, 1.807) is 0 Å². The minimum Gasteiger partial charge on any atom is -0.481 e. The summed E-state index contributed by atoms with van der Waals surface area (Å²) in [6.07, 6.45) is 48.4. The van der Waals surface area contributed by atoms with Crippen molar-refractivity contribution in [1.29, 1.82) is 0 Å². The van der Waals surface area contributed by atoms with E-state index in [4.69, 9.17) is 14.6 Å². The second kappa shape index (κ2) is 39.2. The number of carboxylic acids is 1. The molecule has 0 aliphatic heterocycles. The van der Waals surface area contributed by atoms with Gasteiger partial charge in [-0.1, -0.05) is 140 Å². The third-order valence-corrected chi connectivity index (χ3v) is 8.90. The van der Waals surface area contributed by atoms with Gasteiger partial charge in [-0.25, -0.2) is 4.79 Å². The first-order chi connectivity index (χ1) is 24.5. The molecule has 0 spiro atoms. The summed E-state index contributed by atoms with van der Waals surface area (Å²) in [5.74, 6) is -1.85. The molecule has 0 aromatic carbocycles. The average molecular weight is 701 g/mol. The molecule has 0 fully saturated rings. The summed E-state index contributed by atoms with van der Waals surface area (Å²) in [7, 11) is 0. The van der Waals surface area contributed by atoms with Crippen molar-refractivity contribution < 1.29 is 29.0 Å². The molecule has 0 aromatic heterocycles. The van der Waals surface area contributed by atoms with Crippen molar-refractivity contribution in [2.45, 2.75) is 206 Å². The molecule has 0 rings (SSSR count). The second-order valence-corrected chi connectivity index (χ2v) is 13.8. The molecule has 50 heavy (non-hydrogen) atoms. The van der Waals surface area contributed by atoms with Crippen molar-refractivity contribution in [2.24, 2.45) is 0 Å². The molecule has 1 unspecified atom stereocenters. The number of rotatable bonds is 37. The molecule has 1 N–H and O–H groups in total. The third kappa shape index (κ3) is 38.2. The molecule has 6 heteroatoms. The Bertz CT molecular complexity index is 902. The number of carbonyl (C=O) groups is 3. The zero-order chi connectivity index (χ0) is 36.6. The predicted octanol–water partition coefficient (Wildman–Crippen LogP) is 13.1. The van der Waals surface area contributed by atoms with Gasteiger partial charge in [-0.2, -0.15) is 0 Å². The fourth-order valence-electron chi connectivity index (χ4n) is 5.80. The summed E-state index contributed by atoms with van der Waals surface area (Å²) >= 11 is 0. The van der Waals surface area contributed by atoms with Gasteiger partial charge >= 0.3 is 17.9 Å². The van der Waals surface area contributed by atoms with Crippen LogP contribution in [0.2, 0.25) is 0 Å². The fraction of sp³-hybridized carbons (Fsp3) is 0.750. The van der Waals surface area contributed by atoms with Gasteiger partial charge in [-0.05, 0) is 96.3 Å². The Morgan fingerprint density at radius 3 is 1.44 bits per heavy atom. The lowest BCUT2D eigenvalue weighted by molar-refractivity contribution is -0.163. The van der Waals surface area contributed by atoms with Gasteiger partial charge in [-0.3, -0.25) is 9.59 Å². The van der Waals surface area contributed by atoms with Gasteiger partial charge in [0.25, 0.3) is 0 Å². The molecule has 0 aliphatic carbocycles. The van der Waals surface area contributed by atoms with Crippen LogP contribution in [0.4, 0.5) is 0 Å². The first-order valence-electron chi connectivity index (χ1n) is 20.7. The highest BCUT2D eigenvalue weighted by Gasteiger charge is 2.16. The van der Waals surface area contributed by atoms with Crippen molar-refractivity contribution in [2.75, 3.05) is 6.61 Å². The lowest BCUT2D eigenvalue weighted by atomic mass is 10.0. The van der Waals surface area contributed by atoms with Crippen LogP contribution in [0, 0.1) is 0 Å². The van der Waals surface area contributed by atoms with E-state index in [1.165, 1.54) is 103 Å². The van der Waals surface area contributed by atoms with Gasteiger partial charge in [0.15, 0.2) is 6.61 Å². The lowest BCUT2D eigenvalue weighted by Gasteiger charge is -2.18. The third-order valence-electron chi connectivity index (χ3n) is 8.90. The predicted molar refractivity (Wildman–Crippen MR) is 210 cm³/mol. The number of ether oxygens (including phenoxy) is 2. The SMILES string of the molecule is CCCCC/C=C\C/C=C\CCCCCCCCC(CCCCCCCC/C=C\C=C\CCCCC)OC(=O)COC(=O)CCCCC(=O)O. The molecule has 1 atom stereocenters. The van der Waals surface area contributed by atoms with Crippen molar-refractivity contribution in [3.8, 4) is 0 Å². The Morgan fingerprint density at radius 1 is 0.500 bits per heavy atom. The molecule has 0 amide bonds. The monoisotopic (exact) mass is 701 g/mol. The Morgan fingerprint density at radius 2 is 0.940 bits per heavy atom. The highest BCUT2D eigenvalue weighted by Crippen LogP contribution is 2.18. The summed E-state index contributed by atoms with van der Waals surface area (Å²) in [6.45, 7) is 4.10. The minimum absolute atomic E-state index is 0.0280. The molecule has 0 heterocycles. The molecular weight excluding hydrogens is 624 g/mol. The van der Waals surface area contributed by atoms with Crippen LogP contribution in [0.1, 0.15) is 200 Å². The Labute approximate surface area is 307 Å². The van der Waals surface area contributed by atoms with Gasteiger partial charge in [0.05, 0.1) is 0 Å². The number of allylic oxidation sites excluding steroid dienone is 8. The van der Waals surface area contributed by atoms with E-state index >= 15 is 0 Å². The van der Waals surface area contributed by atoms with Crippen LogP contribution in [0.3, 0.4) is 0 Å². The van der Waals surface area contributed by atoms with Gasteiger partial charge < -0.3 is 14.6 Å². The van der Waals surface area contributed by atoms with Gasteiger partial charge in [0.1, 0.15) is 6.10 Å². The number of unbranched alkanes of at least 4 members (excludes halogenated alkanes) is 19. The van der Waals surface area contributed by atoms with Crippen LogP contribution in [0.5, 0.6) is 0 Å². The molecule has 0 radical (unpaired) electrons. The van der Waals surface area contributed by atoms with Gasteiger partial charge in [0, 0.05) is 12.8 Å². The summed E-state index contributed by atoms with van der Waals surface area (Å²) in [5.41, 5.74) is 0.